The van der Waals surface area contributed by atoms with Gasteiger partial charge in [0.25, 0.3) is 0 Å². The summed E-state index contributed by atoms with van der Waals surface area (Å²) >= 11 is 0. The molecular formula is C19H20FN3O2. The van der Waals surface area contributed by atoms with Crippen molar-refractivity contribution in [3.63, 3.8) is 0 Å². The smallest absolute Gasteiger partial charge is 0.231 e. The first-order chi connectivity index (χ1) is 12.0. The van der Waals surface area contributed by atoms with Gasteiger partial charge in [-0.3, -0.25) is 9.59 Å². The molecule has 25 heavy (non-hydrogen) atoms. The summed E-state index contributed by atoms with van der Waals surface area (Å²) in [5.41, 5.74) is 1.61. The van der Waals surface area contributed by atoms with Gasteiger partial charge in [0.1, 0.15) is 11.6 Å². The van der Waals surface area contributed by atoms with Gasteiger partial charge in [0.2, 0.25) is 11.8 Å². The highest BCUT2D eigenvalue weighted by atomic mass is 19.1. The van der Waals surface area contributed by atoms with E-state index in [0.29, 0.717) is 24.2 Å². The molecule has 0 saturated carbocycles. The van der Waals surface area contributed by atoms with Crippen molar-refractivity contribution in [2.45, 2.75) is 25.8 Å². The molecule has 0 spiro atoms. The molecule has 2 atom stereocenters. The molecule has 2 amide bonds. The van der Waals surface area contributed by atoms with Crippen LogP contribution in [0.2, 0.25) is 0 Å². The monoisotopic (exact) mass is 341 g/mol. The molecule has 2 heterocycles. The van der Waals surface area contributed by atoms with Crippen LogP contribution in [-0.4, -0.2) is 28.7 Å². The van der Waals surface area contributed by atoms with Gasteiger partial charge in [-0.1, -0.05) is 12.1 Å². The molecule has 130 valence electrons. The van der Waals surface area contributed by atoms with Crippen LogP contribution in [0.25, 0.3) is 0 Å². The number of anilines is 1. The molecule has 1 aliphatic heterocycles. The minimum absolute atomic E-state index is 0.0491. The number of hydrogen-bond acceptors (Lipinski definition) is 3. The second-order valence-corrected chi connectivity index (χ2v) is 6.36. The summed E-state index contributed by atoms with van der Waals surface area (Å²) in [6, 6.07) is 9.19. The molecule has 0 unspecified atom stereocenters. The highest BCUT2D eigenvalue weighted by Crippen LogP contribution is 2.36. The Balaban J connectivity index is 1.89. The van der Waals surface area contributed by atoms with E-state index in [1.54, 1.807) is 31.4 Å². The Hall–Kier alpha value is -2.76. The van der Waals surface area contributed by atoms with Crippen LogP contribution in [0, 0.1) is 18.7 Å². The minimum atomic E-state index is -0.498. The lowest BCUT2D eigenvalue weighted by atomic mass is 9.84. The van der Waals surface area contributed by atoms with E-state index in [4.69, 9.17) is 0 Å². The van der Waals surface area contributed by atoms with Crippen molar-refractivity contribution >= 4 is 17.6 Å². The van der Waals surface area contributed by atoms with Crippen molar-refractivity contribution in [3.05, 3.63) is 59.5 Å². The minimum Gasteiger partial charge on any atom is -0.338 e. The van der Waals surface area contributed by atoms with Gasteiger partial charge in [0.05, 0.1) is 12.0 Å². The van der Waals surface area contributed by atoms with E-state index in [2.05, 4.69) is 10.3 Å². The average Bonchev–Trinajstić information content (AvgIpc) is 2.57. The third-order valence-electron chi connectivity index (χ3n) is 4.55. The number of benzene rings is 1. The third-order valence-corrected chi connectivity index (χ3v) is 4.55. The molecule has 0 bridgehead atoms. The van der Waals surface area contributed by atoms with Crippen LogP contribution >= 0.6 is 0 Å². The fourth-order valence-electron chi connectivity index (χ4n) is 3.28. The second-order valence-electron chi connectivity index (χ2n) is 6.36. The molecule has 1 fully saturated rings. The van der Waals surface area contributed by atoms with Crippen LogP contribution in [0.5, 0.6) is 0 Å². The maximum Gasteiger partial charge on any atom is 0.231 e. The van der Waals surface area contributed by atoms with E-state index in [9.17, 15) is 14.0 Å². The zero-order valence-corrected chi connectivity index (χ0v) is 14.2. The van der Waals surface area contributed by atoms with Crippen molar-refractivity contribution in [2.24, 2.45) is 5.92 Å². The molecular weight excluding hydrogens is 321 g/mol. The topological polar surface area (TPSA) is 62.3 Å². The first-order valence-electron chi connectivity index (χ1n) is 8.20. The van der Waals surface area contributed by atoms with E-state index >= 15 is 0 Å². The number of nitrogens with one attached hydrogen (secondary N) is 1. The Bertz CT molecular complexity index is 809. The van der Waals surface area contributed by atoms with Gasteiger partial charge in [-0.25, -0.2) is 9.37 Å². The van der Waals surface area contributed by atoms with E-state index < -0.39 is 12.0 Å². The van der Waals surface area contributed by atoms with Crippen LogP contribution in [0.4, 0.5) is 10.2 Å². The lowest BCUT2D eigenvalue weighted by Gasteiger charge is -2.38. The number of piperidine rings is 1. The van der Waals surface area contributed by atoms with E-state index in [1.807, 2.05) is 13.0 Å². The average molecular weight is 341 g/mol. The van der Waals surface area contributed by atoms with E-state index in [0.717, 1.165) is 5.56 Å². The first kappa shape index (κ1) is 17.1. The Morgan fingerprint density at radius 2 is 2.12 bits per heavy atom. The summed E-state index contributed by atoms with van der Waals surface area (Å²) in [6.45, 7) is 1.92. The first-order valence-corrected chi connectivity index (χ1v) is 8.20. The summed E-state index contributed by atoms with van der Waals surface area (Å²) < 4.78 is 13.7. The fraction of sp³-hybridized carbons (Fsp3) is 0.316. The molecule has 0 aliphatic carbocycles. The Kier molecular flexibility index (Phi) is 4.79. The van der Waals surface area contributed by atoms with Crippen LogP contribution < -0.4 is 5.32 Å². The maximum absolute atomic E-state index is 13.7. The molecule has 1 aromatic heterocycles. The highest BCUT2D eigenvalue weighted by Gasteiger charge is 2.39. The number of aryl methyl sites for hydroxylation is 1. The fourth-order valence-corrected chi connectivity index (χ4v) is 3.28. The quantitative estimate of drug-likeness (QED) is 0.933. The molecule has 6 heteroatoms. The van der Waals surface area contributed by atoms with Crippen LogP contribution in [0.15, 0.2) is 42.6 Å². The lowest BCUT2D eigenvalue weighted by molar-refractivity contribution is -0.140. The van der Waals surface area contributed by atoms with E-state index in [-0.39, 0.29) is 17.6 Å². The van der Waals surface area contributed by atoms with Gasteiger partial charge < -0.3 is 10.2 Å². The lowest BCUT2D eigenvalue weighted by Crippen LogP contribution is -2.44. The standard InChI is InChI=1S/C19H20FN3O2/c1-12-8-9-21-16(10-12)22-19(25)15-6-7-17(24)23(2)18(15)13-4-3-5-14(20)11-13/h3-5,8-11,15,18H,6-7H2,1-2H3,(H,21,22,25)/t15-,18+/m1/s1. The third kappa shape index (κ3) is 3.68. The second kappa shape index (κ2) is 7.01. The van der Waals surface area contributed by atoms with Crippen molar-refractivity contribution in [3.8, 4) is 0 Å². The molecule has 2 aromatic rings. The van der Waals surface area contributed by atoms with Crippen LogP contribution in [0.1, 0.15) is 30.0 Å². The molecule has 1 N–H and O–H groups in total. The zero-order valence-electron chi connectivity index (χ0n) is 14.2. The summed E-state index contributed by atoms with van der Waals surface area (Å²) in [6.07, 6.45) is 2.34. The Labute approximate surface area is 145 Å². The van der Waals surface area contributed by atoms with Gasteiger partial charge >= 0.3 is 0 Å². The number of aromatic nitrogens is 1. The predicted molar refractivity (Wildman–Crippen MR) is 92.2 cm³/mol. The van der Waals surface area contributed by atoms with Gasteiger partial charge in [-0.05, 0) is 48.7 Å². The van der Waals surface area contributed by atoms with Gasteiger partial charge in [-0.2, -0.15) is 0 Å². The zero-order chi connectivity index (χ0) is 18.0. The Morgan fingerprint density at radius 1 is 1.32 bits per heavy atom. The summed E-state index contributed by atoms with van der Waals surface area (Å²) in [5.74, 6) is -0.642. The summed E-state index contributed by atoms with van der Waals surface area (Å²) in [7, 11) is 1.66. The molecule has 1 saturated heterocycles. The van der Waals surface area contributed by atoms with Gasteiger partial charge in [0.15, 0.2) is 0 Å². The number of carbonyl (C=O) groups is 2. The predicted octanol–water partition coefficient (Wildman–Crippen LogP) is 3.08. The number of halogens is 1. The Morgan fingerprint density at radius 3 is 2.84 bits per heavy atom. The molecule has 1 aliphatic rings. The van der Waals surface area contributed by atoms with Crippen LogP contribution in [0.3, 0.4) is 0 Å². The number of amides is 2. The van der Waals surface area contributed by atoms with Crippen molar-refractivity contribution in [1.29, 1.82) is 0 Å². The number of rotatable bonds is 3. The number of likely N-dealkylation sites (tertiary alicyclic amines) is 1. The van der Waals surface area contributed by atoms with Crippen LogP contribution in [-0.2, 0) is 9.59 Å². The summed E-state index contributed by atoms with van der Waals surface area (Å²) in [4.78, 5) is 30.6. The number of nitrogens with zero attached hydrogens (tertiary/aromatic N) is 2. The van der Waals surface area contributed by atoms with Gasteiger partial charge in [0, 0.05) is 19.7 Å². The largest absolute Gasteiger partial charge is 0.338 e. The summed E-state index contributed by atoms with van der Waals surface area (Å²) in [5, 5.41) is 2.82. The van der Waals surface area contributed by atoms with Crippen molar-refractivity contribution in [1.82, 2.24) is 9.88 Å². The van der Waals surface area contributed by atoms with Gasteiger partial charge in [-0.15, -0.1) is 0 Å². The molecule has 1 aromatic carbocycles. The number of hydrogen-bond donors (Lipinski definition) is 1. The maximum atomic E-state index is 13.7. The van der Waals surface area contributed by atoms with E-state index in [1.165, 1.54) is 17.0 Å². The number of pyridine rings is 1. The molecule has 3 rings (SSSR count). The van der Waals surface area contributed by atoms with Crippen molar-refractivity contribution in [2.75, 3.05) is 12.4 Å². The highest BCUT2D eigenvalue weighted by molar-refractivity contribution is 5.94. The number of carbonyl (C=O) groups excluding carboxylic acids is 2. The normalized spacial score (nSPS) is 20.4. The molecule has 5 nitrogen and oxygen atoms in total. The van der Waals surface area contributed by atoms with Crippen molar-refractivity contribution < 1.29 is 14.0 Å². The SMILES string of the molecule is Cc1ccnc(NC(=O)[C@@H]2CCC(=O)N(C)[C@H]2c2cccc(F)c2)c1. The molecule has 0 radical (unpaired) electrons.